The third kappa shape index (κ3) is 6.44. The summed E-state index contributed by atoms with van der Waals surface area (Å²) in [4.78, 5) is 16.0. The van der Waals surface area contributed by atoms with Crippen LogP contribution in [0.5, 0.6) is 0 Å². The van der Waals surface area contributed by atoms with Crippen LogP contribution < -0.4 is 10.6 Å². The lowest BCUT2D eigenvalue weighted by Gasteiger charge is -2.12. The van der Waals surface area contributed by atoms with Crippen LogP contribution in [0.4, 0.5) is 0 Å². The van der Waals surface area contributed by atoms with Gasteiger partial charge in [-0.25, -0.2) is 0 Å². The smallest absolute Gasteiger partial charge is 0.226 e. The third-order valence-corrected chi connectivity index (χ3v) is 3.38. The van der Waals surface area contributed by atoms with Gasteiger partial charge in [-0.3, -0.25) is 4.79 Å². The molecule has 1 aromatic heterocycles. The topological polar surface area (TPSA) is 80.0 Å². The van der Waals surface area contributed by atoms with Gasteiger partial charge in [-0.1, -0.05) is 12.1 Å². The minimum Gasteiger partial charge on any atom is -0.355 e. The Labute approximate surface area is 131 Å². The molecule has 0 spiro atoms. The Hall–Kier alpha value is -1.14. The van der Waals surface area contributed by atoms with E-state index in [1.54, 1.807) is 0 Å². The highest BCUT2D eigenvalue weighted by Gasteiger charge is 2.28. The first-order valence-corrected chi connectivity index (χ1v) is 7.51. The number of hydrogen-bond donors (Lipinski definition) is 2. The van der Waals surface area contributed by atoms with Crippen LogP contribution in [0.15, 0.2) is 4.52 Å². The van der Waals surface area contributed by atoms with Crippen LogP contribution in [-0.2, 0) is 11.2 Å². The van der Waals surface area contributed by atoms with Gasteiger partial charge in [0.15, 0.2) is 5.82 Å². The van der Waals surface area contributed by atoms with Gasteiger partial charge in [0.1, 0.15) is 0 Å². The van der Waals surface area contributed by atoms with Gasteiger partial charge in [-0.15, -0.1) is 12.4 Å². The normalized spacial score (nSPS) is 15.3. The van der Waals surface area contributed by atoms with Crippen molar-refractivity contribution in [3.63, 3.8) is 0 Å². The van der Waals surface area contributed by atoms with Crippen molar-refractivity contribution < 1.29 is 9.32 Å². The van der Waals surface area contributed by atoms with Crippen molar-refractivity contribution in [3.8, 4) is 0 Å². The summed E-state index contributed by atoms with van der Waals surface area (Å²) in [5, 5.41) is 10.1. The number of nitrogens with zero attached hydrogens (tertiary/aromatic N) is 2. The molecule has 0 bridgehead atoms. The number of likely N-dealkylation sites (N-methyl/N-ethyl adjacent to an activating group) is 1. The molecule has 2 rings (SSSR count). The minimum atomic E-state index is 0. The maximum absolute atomic E-state index is 11.7. The van der Waals surface area contributed by atoms with E-state index in [9.17, 15) is 4.79 Å². The molecule has 7 heteroatoms. The van der Waals surface area contributed by atoms with Crippen LogP contribution in [0.25, 0.3) is 0 Å². The Kier molecular flexibility index (Phi) is 7.67. The lowest BCUT2D eigenvalue weighted by molar-refractivity contribution is -0.121. The molecule has 1 fully saturated rings. The predicted octanol–water partition coefficient (Wildman–Crippen LogP) is 1.81. The molecule has 1 saturated carbocycles. The van der Waals surface area contributed by atoms with Crippen molar-refractivity contribution in [1.82, 2.24) is 20.8 Å². The monoisotopic (exact) mass is 316 g/mol. The number of hydrogen-bond acceptors (Lipinski definition) is 5. The number of halogens is 1. The fraction of sp³-hybridized carbons (Fsp3) is 0.786. The molecule has 120 valence electrons. The van der Waals surface area contributed by atoms with E-state index in [1.807, 2.05) is 0 Å². The van der Waals surface area contributed by atoms with Gasteiger partial charge in [0, 0.05) is 31.3 Å². The van der Waals surface area contributed by atoms with E-state index in [1.165, 1.54) is 12.8 Å². The standard InChI is InChI=1S/C14H24N4O2.ClH/c1-3-15-10(2)9-16-12(19)5-4-6-13-17-14(18-20-13)11-7-8-11;/h10-11,15H,3-9H2,1-2H3,(H,16,19);1H/t10-;/m1./s1. The lowest BCUT2D eigenvalue weighted by atomic mass is 10.2. The molecule has 0 aromatic carbocycles. The van der Waals surface area contributed by atoms with Crippen LogP contribution in [0, 0.1) is 0 Å². The first kappa shape index (κ1) is 17.9. The van der Waals surface area contributed by atoms with E-state index in [0.29, 0.717) is 37.2 Å². The summed E-state index contributed by atoms with van der Waals surface area (Å²) in [6.07, 6.45) is 4.26. The molecule has 0 unspecified atom stereocenters. The van der Waals surface area contributed by atoms with Gasteiger partial charge in [-0.05, 0) is 32.7 Å². The molecule has 1 atom stereocenters. The molecule has 0 radical (unpaired) electrons. The summed E-state index contributed by atoms with van der Waals surface area (Å²) in [5.41, 5.74) is 0. The van der Waals surface area contributed by atoms with Crippen LogP contribution in [0.3, 0.4) is 0 Å². The zero-order chi connectivity index (χ0) is 14.4. The SMILES string of the molecule is CCN[C@H](C)CNC(=O)CCCc1nc(C2CC2)no1.Cl. The number of rotatable bonds is 9. The summed E-state index contributed by atoms with van der Waals surface area (Å²) in [5.74, 6) is 2.09. The number of carbonyl (C=O) groups excluding carboxylic acids is 1. The Morgan fingerprint density at radius 1 is 1.48 bits per heavy atom. The van der Waals surface area contributed by atoms with E-state index < -0.39 is 0 Å². The Bertz CT molecular complexity index is 434. The minimum absolute atomic E-state index is 0. The average molecular weight is 317 g/mol. The average Bonchev–Trinajstić information content (AvgIpc) is 3.17. The fourth-order valence-corrected chi connectivity index (χ4v) is 2.05. The first-order valence-electron chi connectivity index (χ1n) is 7.51. The highest BCUT2D eigenvalue weighted by molar-refractivity contribution is 5.85. The van der Waals surface area contributed by atoms with Gasteiger partial charge in [0.25, 0.3) is 0 Å². The Morgan fingerprint density at radius 3 is 2.90 bits per heavy atom. The van der Waals surface area contributed by atoms with Gasteiger partial charge in [0.2, 0.25) is 11.8 Å². The summed E-state index contributed by atoms with van der Waals surface area (Å²) in [7, 11) is 0. The maximum Gasteiger partial charge on any atom is 0.226 e. The van der Waals surface area contributed by atoms with Gasteiger partial charge >= 0.3 is 0 Å². The van der Waals surface area contributed by atoms with Crippen molar-refractivity contribution in [3.05, 3.63) is 11.7 Å². The second-order valence-electron chi connectivity index (χ2n) is 5.44. The van der Waals surface area contributed by atoms with Crippen LogP contribution in [-0.4, -0.2) is 35.2 Å². The van der Waals surface area contributed by atoms with E-state index in [2.05, 4.69) is 34.6 Å². The number of amides is 1. The van der Waals surface area contributed by atoms with Gasteiger partial charge < -0.3 is 15.2 Å². The van der Waals surface area contributed by atoms with Crippen LogP contribution in [0.1, 0.15) is 57.2 Å². The molecule has 1 aliphatic carbocycles. The first-order chi connectivity index (χ1) is 9.69. The molecule has 1 amide bonds. The summed E-state index contributed by atoms with van der Waals surface area (Å²) in [6, 6.07) is 0.306. The van der Waals surface area contributed by atoms with E-state index in [0.717, 1.165) is 18.8 Å². The Morgan fingerprint density at radius 2 is 2.24 bits per heavy atom. The molecule has 2 N–H and O–H groups in total. The number of carbonyl (C=O) groups is 1. The molecule has 1 aliphatic rings. The highest BCUT2D eigenvalue weighted by atomic mass is 35.5. The summed E-state index contributed by atoms with van der Waals surface area (Å²) < 4.78 is 5.18. The van der Waals surface area contributed by atoms with Gasteiger partial charge in [0.05, 0.1) is 0 Å². The van der Waals surface area contributed by atoms with E-state index in [-0.39, 0.29) is 18.3 Å². The molecule has 21 heavy (non-hydrogen) atoms. The quantitative estimate of drug-likeness (QED) is 0.726. The predicted molar refractivity (Wildman–Crippen MR) is 82.6 cm³/mol. The van der Waals surface area contributed by atoms with E-state index in [4.69, 9.17) is 4.52 Å². The highest BCUT2D eigenvalue weighted by Crippen LogP contribution is 2.38. The largest absolute Gasteiger partial charge is 0.355 e. The number of nitrogens with one attached hydrogen (secondary N) is 2. The zero-order valence-electron chi connectivity index (χ0n) is 12.7. The lowest BCUT2D eigenvalue weighted by Crippen LogP contribution is -2.38. The second kappa shape index (κ2) is 9.00. The maximum atomic E-state index is 11.7. The molecule has 1 aromatic rings. The Balaban J connectivity index is 0.00000220. The molecular formula is C14H25ClN4O2. The van der Waals surface area contributed by atoms with Gasteiger partial charge in [-0.2, -0.15) is 4.98 Å². The van der Waals surface area contributed by atoms with Crippen LogP contribution in [0.2, 0.25) is 0 Å². The zero-order valence-corrected chi connectivity index (χ0v) is 13.5. The van der Waals surface area contributed by atoms with Crippen molar-refractivity contribution in [2.75, 3.05) is 13.1 Å². The van der Waals surface area contributed by atoms with Crippen molar-refractivity contribution in [1.29, 1.82) is 0 Å². The molecule has 6 nitrogen and oxygen atoms in total. The third-order valence-electron chi connectivity index (χ3n) is 3.38. The van der Waals surface area contributed by atoms with Crippen molar-refractivity contribution in [2.45, 2.75) is 57.9 Å². The van der Waals surface area contributed by atoms with E-state index >= 15 is 0 Å². The second-order valence-corrected chi connectivity index (χ2v) is 5.44. The van der Waals surface area contributed by atoms with Crippen molar-refractivity contribution >= 4 is 18.3 Å². The molecule has 0 aliphatic heterocycles. The van der Waals surface area contributed by atoms with Crippen LogP contribution >= 0.6 is 12.4 Å². The molecule has 1 heterocycles. The number of aryl methyl sites for hydroxylation is 1. The van der Waals surface area contributed by atoms with Crippen molar-refractivity contribution in [2.24, 2.45) is 0 Å². The fourth-order valence-electron chi connectivity index (χ4n) is 2.05. The molecule has 0 saturated heterocycles. The molecular weight excluding hydrogens is 292 g/mol. The number of aromatic nitrogens is 2. The summed E-state index contributed by atoms with van der Waals surface area (Å²) in [6.45, 7) is 5.69. The summed E-state index contributed by atoms with van der Waals surface area (Å²) >= 11 is 0.